The summed E-state index contributed by atoms with van der Waals surface area (Å²) in [7, 11) is 6.78. The van der Waals surface area contributed by atoms with E-state index >= 15 is 14.4 Å². The zero-order valence-electron chi connectivity index (χ0n) is 42.6. The first-order valence-electron chi connectivity index (χ1n) is 24.7. The monoisotopic (exact) mass is 1040 g/mol. The largest absolute Gasteiger partial charge is 0.493 e. The van der Waals surface area contributed by atoms with Gasteiger partial charge >= 0.3 is 24.0 Å². The van der Waals surface area contributed by atoms with E-state index in [2.05, 4.69) is 11.8 Å². The van der Waals surface area contributed by atoms with Crippen LogP contribution in [0.4, 0.5) is 10.5 Å². The molecule has 0 unspecified atom stereocenters. The molecule has 5 aromatic rings. The smallest absolute Gasteiger partial charge is 0.421 e. The van der Waals surface area contributed by atoms with Crippen LogP contribution < -0.4 is 19.1 Å². The maximum Gasteiger partial charge on any atom is 0.421 e. The van der Waals surface area contributed by atoms with Crippen molar-refractivity contribution in [2.75, 3.05) is 73.4 Å². The molecule has 4 aliphatic heterocycles. The Hall–Kier alpha value is -8.24. The van der Waals surface area contributed by atoms with Crippen LogP contribution >= 0.6 is 0 Å². The lowest BCUT2D eigenvalue weighted by atomic mass is 9.64. The van der Waals surface area contributed by atoms with Gasteiger partial charge in [0.15, 0.2) is 17.4 Å². The Bertz CT molecular complexity index is 3070. The van der Waals surface area contributed by atoms with Gasteiger partial charge in [-0.05, 0) is 82.3 Å². The normalized spacial score (nSPS) is 21.4. The van der Waals surface area contributed by atoms with Crippen LogP contribution in [0, 0.1) is 23.7 Å². The molecular weight excluding hydrogens is 979 g/mol. The summed E-state index contributed by atoms with van der Waals surface area (Å²) in [6.45, 7) is -0.416. The quantitative estimate of drug-likeness (QED) is 0.0432. The molecule has 18 nitrogen and oxygen atoms in total. The number of rotatable bonds is 15. The van der Waals surface area contributed by atoms with Gasteiger partial charge in [0.05, 0.1) is 65.3 Å². The SMILES string of the molecule is COCCOC(=O)N1C(=O)[C@@]2(c3cc(C#CCC(C(=O)OC)C(=O)OC)ccc31)[C@H](c1cccc(OCCO)c1)N1[C@H](c3ccccc3)[C@H](c3ccccc3)OC(=O)[C@H]1[C@@H]2C(=O)N1CCc2cc(OC)c(OC)cc2C1. The van der Waals surface area contributed by atoms with E-state index in [1.807, 2.05) is 71.6 Å². The number of carbonyl (C=O) groups is 6. The number of benzene rings is 5. The molecule has 1 spiro atoms. The number of esters is 3. The molecule has 0 bridgehead atoms. The van der Waals surface area contributed by atoms with Gasteiger partial charge < -0.3 is 47.9 Å². The number of cyclic esters (lactones) is 1. The first-order chi connectivity index (χ1) is 36.9. The zero-order valence-corrected chi connectivity index (χ0v) is 42.6. The van der Waals surface area contributed by atoms with Crippen LogP contribution in [0.25, 0.3) is 0 Å². The zero-order chi connectivity index (χ0) is 53.7. The molecule has 0 radical (unpaired) electrons. The van der Waals surface area contributed by atoms with Crippen LogP contribution in [0.15, 0.2) is 115 Å². The fraction of sp³-hybridized carbons (Fsp3) is 0.345. The number of hydrogen-bond donors (Lipinski definition) is 1. The predicted octanol–water partition coefficient (Wildman–Crippen LogP) is 5.81. The van der Waals surface area contributed by atoms with E-state index in [1.54, 1.807) is 54.5 Å². The van der Waals surface area contributed by atoms with Crippen LogP contribution in [0.5, 0.6) is 17.2 Å². The molecule has 76 heavy (non-hydrogen) atoms. The van der Waals surface area contributed by atoms with Gasteiger partial charge in [-0.25, -0.2) is 9.69 Å². The van der Waals surface area contributed by atoms with Crippen molar-refractivity contribution in [2.45, 2.75) is 49.0 Å². The van der Waals surface area contributed by atoms with Gasteiger partial charge in [-0.1, -0.05) is 84.6 Å². The highest BCUT2D eigenvalue weighted by Crippen LogP contribution is 2.66. The number of morpholine rings is 1. The summed E-state index contributed by atoms with van der Waals surface area (Å²) in [6, 6.07) is 30.1. The number of anilines is 1. The number of carbonyl (C=O) groups excluding carboxylic acids is 6. The van der Waals surface area contributed by atoms with Crippen molar-refractivity contribution < 1.29 is 71.8 Å². The second-order valence-corrected chi connectivity index (χ2v) is 18.5. The topological polar surface area (TPSA) is 206 Å². The van der Waals surface area contributed by atoms with Gasteiger partial charge in [0, 0.05) is 32.2 Å². The Labute approximate surface area is 439 Å². The standard InChI is InChI=1S/C58H57N3O15/c1-69-28-29-75-57(68)60-44-23-22-35(14-12-21-42(53(64)72-4)54(65)73-5)30-43(44)58(56(60)67)47(52(63)59-25-24-38-32-45(70-2)46(71-3)33-40(38)34-59)49-55(66)76-50(37-17-10-7-11-18-37)48(36-15-8-6-9-16-36)61(49)51(58)39-19-13-20-41(31-39)74-27-26-62/h6-11,13,15-20,22-23,30-33,42,47-51,62H,21,24-29,34H2,1-5H3/t47-,48-,49-,50+,51+,58-/m1/s1. The Morgan fingerprint density at radius 1 is 0.750 bits per heavy atom. The molecule has 18 heteroatoms. The maximum atomic E-state index is 16.7. The summed E-state index contributed by atoms with van der Waals surface area (Å²) in [5, 5.41) is 9.90. The van der Waals surface area contributed by atoms with E-state index in [1.165, 1.54) is 20.3 Å². The first-order valence-corrected chi connectivity index (χ1v) is 24.7. The molecule has 0 saturated carbocycles. The van der Waals surface area contributed by atoms with Gasteiger partial charge in [-0.15, -0.1) is 0 Å². The number of aliphatic hydroxyl groups excluding tert-OH is 1. The van der Waals surface area contributed by atoms with Gasteiger partial charge in [-0.3, -0.25) is 28.9 Å². The summed E-state index contributed by atoms with van der Waals surface area (Å²) in [5.41, 5.74) is 1.69. The highest BCUT2D eigenvalue weighted by Gasteiger charge is 2.76. The molecule has 4 aliphatic rings. The third-order valence-electron chi connectivity index (χ3n) is 14.5. The van der Waals surface area contributed by atoms with E-state index in [4.69, 9.17) is 37.9 Å². The van der Waals surface area contributed by atoms with Crippen LogP contribution in [0.3, 0.4) is 0 Å². The fourth-order valence-corrected chi connectivity index (χ4v) is 11.2. The van der Waals surface area contributed by atoms with Crippen LogP contribution in [-0.2, 0) is 66.0 Å². The molecule has 0 aliphatic carbocycles. The Morgan fingerprint density at radius 2 is 1.42 bits per heavy atom. The lowest BCUT2D eigenvalue weighted by Crippen LogP contribution is -2.57. The summed E-state index contributed by atoms with van der Waals surface area (Å²) in [5.74, 6) is 0.233. The Balaban J connectivity index is 1.35. The molecule has 394 valence electrons. The number of hydrogen-bond acceptors (Lipinski definition) is 16. The molecule has 9 rings (SSSR count). The third-order valence-corrected chi connectivity index (χ3v) is 14.5. The van der Waals surface area contributed by atoms with Crippen molar-refractivity contribution in [3.63, 3.8) is 0 Å². The average molecular weight is 1040 g/mol. The molecular formula is C58H57N3O15. The van der Waals surface area contributed by atoms with Crippen molar-refractivity contribution >= 4 is 41.5 Å². The second-order valence-electron chi connectivity index (χ2n) is 18.5. The number of aliphatic hydroxyl groups is 1. The molecule has 2 saturated heterocycles. The third kappa shape index (κ3) is 9.46. The summed E-state index contributed by atoms with van der Waals surface area (Å²) >= 11 is 0. The molecule has 2 fully saturated rings. The van der Waals surface area contributed by atoms with E-state index in [-0.39, 0.29) is 62.8 Å². The molecule has 1 N–H and O–H groups in total. The Kier molecular flexibility index (Phi) is 15.7. The number of methoxy groups -OCH3 is 5. The van der Waals surface area contributed by atoms with E-state index < -0.39 is 77.3 Å². The molecule has 6 atom stereocenters. The minimum Gasteiger partial charge on any atom is -0.493 e. The highest BCUT2D eigenvalue weighted by atomic mass is 16.6. The van der Waals surface area contributed by atoms with Crippen LogP contribution in [-0.4, -0.2) is 125 Å². The predicted molar refractivity (Wildman–Crippen MR) is 272 cm³/mol. The lowest BCUT2D eigenvalue weighted by Gasteiger charge is -2.46. The van der Waals surface area contributed by atoms with E-state index in [9.17, 15) is 19.5 Å². The lowest BCUT2D eigenvalue weighted by molar-refractivity contribution is -0.179. The molecule has 4 heterocycles. The first kappa shape index (κ1) is 52.6. The number of ether oxygens (including phenoxy) is 8. The van der Waals surface area contributed by atoms with Crippen LogP contribution in [0.2, 0.25) is 0 Å². The van der Waals surface area contributed by atoms with Crippen molar-refractivity contribution in [3.8, 4) is 29.1 Å². The van der Waals surface area contributed by atoms with Crippen molar-refractivity contribution in [2.24, 2.45) is 11.8 Å². The number of nitrogens with zero attached hydrogens (tertiary/aromatic N) is 3. The van der Waals surface area contributed by atoms with Crippen molar-refractivity contribution in [3.05, 3.63) is 154 Å². The summed E-state index contributed by atoms with van der Waals surface area (Å²) in [4.78, 5) is 93.6. The van der Waals surface area contributed by atoms with Gasteiger partial charge in [0.1, 0.15) is 36.5 Å². The molecule has 5 aromatic carbocycles. The van der Waals surface area contributed by atoms with Gasteiger partial charge in [0.2, 0.25) is 11.8 Å². The Morgan fingerprint density at radius 3 is 2.08 bits per heavy atom. The number of imide groups is 1. The number of fused-ring (bicyclic) bond motifs is 4. The minimum atomic E-state index is -2.19. The second kappa shape index (κ2) is 22.7. The summed E-state index contributed by atoms with van der Waals surface area (Å²) in [6.07, 6.45) is -2.00. The van der Waals surface area contributed by atoms with Gasteiger partial charge in [-0.2, -0.15) is 0 Å². The average Bonchev–Trinajstić information content (AvgIpc) is 3.93. The molecule has 0 aromatic heterocycles. The van der Waals surface area contributed by atoms with Crippen LogP contribution in [0.1, 0.15) is 63.6 Å². The summed E-state index contributed by atoms with van der Waals surface area (Å²) < 4.78 is 44.7. The van der Waals surface area contributed by atoms with E-state index in [0.29, 0.717) is 40.4 Å². The van der Waals surface area contributed by atoms with E-state index in [0.717, 1.165) is 30.2 Å². The maximum absolute atomic E-state index is 16.7. The minimum absolute atomic E-state index is 0.00275. The molecule has 3 amide bonds. The van der Waals surface area contributed by atoms with Gasteiger partial charge in [0.25, 0.3) is 0 Å². The number of amides is 3. The van der Waals surface area contributed by atoms with Crippen molar-refractivity contribution in [1.82, 2.24) is 9.80 Å². The van der Waals surface area contributed by atoms with Crippen molar-refractivity contribution in [1.29, 1.82) is 0 Å². The fourth-order valence-electron chi connectivity index (χ4n) is 11.2. The highest BCUT2D eigenvalue weighted by molar-refractivity contribution is 6.23.